The van der Waals surface area contributed by atoms with Crippen molar-refractivity contribution in [3.8, 4) is 17.1 Å². The molecule has 2 aliphatic heterocycles. The van der Waals surface area contributed by atoms with Gasteiger partial charge in [0, 0.05) is 28.6 Å². The summed E-state index contributed by atoms with van der Waals surface area (Å²) in [4.78, 5) is 30.2. The lowest BCUT2D eigenvalue weighted by molar-refractivity contribution is -0.172. The van der Waals surface area contributed by atoms with E-state index >= 15 is 0 Å². The third kappa shape index (κ3) is 2.87. The number of phenolic OH excluding ortho intramolecular Hbond substituents is 1. The van der Waals surface area contributed by atoms with E-state index in [9.17, 15) is 19.8 Å². The Balaban J connectivity index is 1.65. The summed E-state index contributed by atoms with van der Waals surface area (Å²) in [6.45, 7) is 5.33. The molecule has 5 rings (SSSR count). The van der Waals surface area contributed by atoms with Crippen LogP contribution in [-0.4, -0.2) is 32.3 Å². The molecule has 0 saturated heterocycles. The van der Waals surface area contributed by atoms with Crippen molar-refractivity contribution in [1.29, 1.82) is 0 Å². The van der Waals surface area contributed by atoms with Crippen LogP contribution in [0.4, 0.5) is 0 Å². The van der Waals surface area contributed by atoms with E-state index in [2.05, 4.69) is 12.2 Å². The molecule has 3 N–H and O–H groups in total. The Labute approximate surface area is 184 Å². The number of benzene rings is 1. The van der Waals surface area contributed by atoms with Crippen LogP contribution in [0.2, 0.25) is 0 Å². The fraction of sp³-hybridized carbons (Fsp3) is 0.375. The lowest BCUT2D eigenvalue weighted by Crippen LogP contribution is -2.44. The molecule has 0 unspecified atom stereocenters. The molecule has 0 aliphatic carbocycles. The number of aromatic nitrogens is 2. The van der Waals surface area contributed by atoms with E-state index in [1.807, 2.05) is 18.2 Å². The molecule has 8 nitrogen and oxygen atoms in total. The topological polar surface area (TPSA) is 114 Å². The Morgan fingerprint density at radius 2 is 2.06 bits per heavy atom. The SMILES string of the molecule is CCCNCc1ccc2nc3c(cc2c1O)Cn1c-3cc2c(c1=O)COC(=O)[C@]2(O)CC. The number of hydrogen-bond donors (Lipinski definition) is 3. The zero-order chi connectivity index (χ0) is 22.6. The fourth-order valence-electron chi connectivity index (χ4n) is 4.63. The molecule has 0 bridgehead atoms. The smallest absolute Gasteiger partial charge is 0.343 e. The third-order valence-corrected chi connectivity index (χ3v) is 6.49. The van der Waals surface area contributed by atoms with Crippen molar-refractivity contribution < 1.29 is 19.7 Å². The van der Waals surface area contributed by atoms with Gasteiger partial charge in [0.15, 0.2) is 5.60 Å². The first-order valence-electron chi connectivity index (χ1n) is 10.9. The number of nitrogens with zero attached hydrogens (tertiary/aromatic N) is 2. The van der Waals surface area contributed by atoms with Crippen molar-refractivity contribution >= 4 is 16.9 Å². The van der Waals surface area contributed by atoms with Crippen molar-refractivity contribution in [2.45, 2.75) is 52.0 Å². The highest BCUT2D eigenvalue weighted by molar-refractivity contribution is 5.90. The molecule has 2 aliphatic rings. The number of hydrogen-bond acceptors (Lipinski definition) is 7. The van der Waals surface area contributed by atoms with Crippen LogP contribution < -0.4 is 10.9 Å². The van der Waals surface area contributed by atoms with E-state index in [-0.39, 0.29) is 24.3 Å². The molecule has 0 amide bonds. The van der Waals surface area contributed by atoms with Crippen molar-refractivity contribution in [3.63, 3.8) is 0 Å². The lowest BCUT2D eigenvalue weighted by Gasteiger charge is -2.31. The number of aromatic hydroxyl groups is 1. The lowest BCUT2D eigenvalue weighted by atomic mass is 9.86. The molecular formula is C24H25N3O5. The van der Waals surface area contributed by atoms with E-state index in [1.54, 1.807) is 17.6 Å². The van der Waals surface area contributed by atoms with Crippen LogP contribution in [-0.2, 0) is 34.8 Å². The molecule has 0 radical (unpaired) electrons. The molecule has 0 saturated carbocycles. The van der Waals surface area contributed by atoms with Gasteiger partial charge in [0.2, 0.25) is 0 Å². The number of rotatable bonds is 5. The summed E-state index contributed by atoms with van der Waals surface area (Å²) in [6, 6.07) is 7.27. The number of aliphatic hydroxyl groups is 1. The fourth-order valence-corrected chi connectivity index (χ4v) is 4.63. The van der Waals surface area contributed by atoms with Crippen LogP contribution in [0.1, 0.15) is 48.9 Å². The zero-order valence-electron chi connectivity index (χ0n) is 18.1. The van der Waals surface area contributed by atoms with Crippen molar-refractivity contribution in [1.82, 2.24) is 14.9 Å². The predicted molar refractivity (Wildman–Crippen MR) is 118 cm³/mol. The van der Waals surface area contributed by atoms with Crippen molar-refractivity contribution in [2.24, 2.45) is 0 Å². The first-order valence-corrected chi connectivity index (χ1v) is 10.9. The van der Waals surface area contributed by atoms with E-state index in [4.69, 9.17) is 9.72 Å². The summed E-state index contributed by atoms with van der Waals surface area (Å²) >= 11 is 0. The average Bonchev–Trinajstić information content (AvgIpc) is 3.15. The molecule has 3 aromatic rings. The second kappa shape index (κ2) is 7.43. The summed E-state index contributed by atoms with van der Waals surface area (Å²) in [6.07, 6.45) is 1.10. The highest BCUT2D eigenvalue weighted by Gasteiger charge is 2.45. The van der Waals surface area contributed by atoms with Gasteiger partial charge in [-0.2, -0.15) is 0 Å². The molecule has 0 fully saturated rings. The van der Waals surface area contributed by atoms with Crippen LogP contribution in [0.15, 0.2) is 29.1 Å². The summed E-state index contributed by atoms with van der Waals surface area (Å²) in [5.74, 6) is -0.556. The number of carbonyl (C=O) groups excluding carboxylic acids is 1. The number of carbonyl (C=O) groups is 1. The standard InChI is InChI=1S/C24H25N3O5/c1-3-7-25-10-13-5-6-18-15(21(13)28)8-14-11-27-19(20(14)26-18)9-17-16(22(27)29)12-32-23(30)24(17,31)4-2/h5-6,8-9,25,28,31H,3-4,7,10-12H2,1-2H3/t24-/m0/s1. The van der Waals surface area contributed by atoms with E-state index in [0.29, 0.717) is 46.5 Å². The number of esters is 1. The number of phenols is 1. The summed E-state index contributed by atoms with van der Waals surface area (Å²) in [5.41, 5.74) is 1.83. The Bertz CT molecular complexity index is 1330. The van der Waals surface area contributed by atoms with Gasteiger partial charge in [-0.1, -0.05) is 19.9 Å². The molecule has 32 heavy (non-hydrogen) atoms. The van der Waals surface area contributed by atoms with E-state index in [1.165, 1.54) is 0 Å². The Morgan fingerprint density at radius 1 is 1.25 bits per heavy atom. The first kappa shape index (κ1) is 20.7. The van der Waals surface area contributed by atoms with Crippen LogP contribution in [0.25, 0.3) is 22.3 Å². The van der Waals surface area contributed by atoms with Crippen LogP contribution in [0.5, 0.6) is 5.75 Å². The highest BCUT2D eigenvalue weighted by atomic mass is 16.6. The Kier molecular flexibility index (Phi) is 4.79. The van der Waals surface area contributed by atoms with Gasteiger partial charge in [-0.05, 0) is 37.6 Å². The van der Waals surface area contributed by atoms with Crippen LogP contribution in [0.3, 0.4) is 0 Å². The average molecular weight is 435 g/mol. The van der Waals surface area contributed by atoms with Crippen LogP contribution >= 0.6 is 0 Å². The maximum Gasteiger partial charge on any atom is 0.343 e. The van der Waals surface area contributed by atoms with E-state index in [0.717, 1.165) is 24.1 Å². The largest absolute Gasteiger partial charge is 0.507 e. The van der Waals surface area contributed by atoms with Gasteiger partial charge in [-0.15, -0.1) is 0 Å². The molecule has 4 heterocycles. The molecule has 0 spiro atoms. The van der Waals surface area contributed by atoms with Gasteiger partial charge in [-0.3, -0.25) is 4.79 Å². The number of nitrogens with one attached hydrogen (secondary N) is 1. The molecule has 8 heteroatoms. The first-order chi connectivity index (χ1) is 15.4. The molecule has 2 aromatic heterocycles. The van der Waals surface area contributed by atoms with Gasteiger partial charge in [0.1, 0.15) is 12.4 Å². The number of pyridine rings is 2. The molecular weight excluding hydrogens is 410 g/mol. The molecule has 1 aromatic carbocycles. The van der Waals surface area contributed by atoms with Gasteiger partial charge < -0.3 is 24.8 Å². The Morgan fingerprint density at radius 3 is 2.81 bits per heavy atom. The number of cyclic esters (lactones) is 1. The van der Waals surface area contributed by atoms with E-state index < -0.39 is 11.6 Å². The normalized spacial score (nSPS) is 18.9. The minimum atomic E-state index is -1.85. The Hall–Kier alpha value is -3.23. The number of ether oxygens (including phenoxy) is 1. The maximum atomic E-state index is 13.2. The molecule has 166 valence electrons. The summed E-state index contributed by atoms with van der Waals surface area (Å²) < 4.78 is 6.69. The second-order valence-corrected chi connectivity index (χ2v) is 8.42. The highest BCUT2D eigenvalue weighted by Crippen LogP contribution is 2.39. The third-order valence-electron chi connectivity index (χ3n) is 6.49. The minimum Gasteiger partial charge on any atom is -0.507 e. The van der Waals surface area contributed by atoms with Gasteiger partial charge in [0.05, 0.1) is 29.0 Å². The number of fused-ring (bicyclic) bond motifs is 5. The second-order valence-electron chi connectivity index (χ2n) is 8.42. The molecule has 1 atom stereocenters. The maximum absolute atomic E-state index is 13.2. The van der Waals surface area contributed by atoms with Crippen molar-refractivity contribution in [3.05, 3.63) is 56.9 Å². The van der Waals surface area contributed by atoms with Gasteiger partial charge in [0.25, 0.3) is 5.56 Å². The minimum absolute atomic E-state index is 0.0997. The predicted octanol–water partition coefficient (Wildman–Crippen LogP) is 2.28. The zero-order valence-corrected chi connectivity index (χ0v) is 18.1. The monoisotopic (exact) mass is 435 g/mol. The van der Waals surface area contributed by atoms with Gasteiger partial charge >= 0.3 is 5.97 Å². The quantitative estimate of drug-likeness (QED) is 0.326. The summed E-state index contributed by atoms with van der Waals surface area (Å²) in [5, 5.41) is 25.7. The van der Waals surface area contributed by atoms with Gasteiger partial charge in [-0.25, -0.2) is 9.78 Å². The van der Waals surface area contributed by atoms with Crippen molar-refractivity contribution in [2.75, 3.05) is 6.54 Å². The summed E-state index contributed by atoms with van der Waals surface area (Å²) in [7, 11) is 0. The van der Waals surface area contributed by atoms with Crippen LogP contribution in [0, 0.1) is 0 Å².